The first-order valence-corrected chi connectivity index (χ1v) is 14.9. The third-order valence-electron chi connectivity index (χ3n) is 6.16. The van der Waals surface area contributed by atoms with E-state index in [0.29, 0.717) is 4.47 Å². The molecular weight excluding hydrogens is 641 g/mol. The fourth-order valence-corrected chi connectivity index (χ4v) is 9.72. The standard InChI is InChI=1S/C21H21Br2F3N2O5S2/c1-14-2-4-19(16(22)12-14)35(31,32)28-10-11-33-20(28)6-8-27(9-7-20)34(29,30)18-5-3-15(13-17(18)23)21(24,25)26/h2-5,12-13H,6-11H2,1H3. The number of rotatable bonds is 4. The highest BCUT2D eigenvalue weighted by molar-refractivity contribution is 9.10. The zero-order valence-electron chi connectivity index (χ0n) is 18.3. The highest BCUT2D eigenvalue weighted by Gasteiger charge is 2.52. The van der Waals surface area contributed by atoms with E-state index in [0.717, 1.165) is 28.1 Å². The number of benzene rings is 2. The molecule has 1 spiro atoms. The first-order valence-electron chi connectivity index (χ1n) is 10.5. The Morgan fingerprint density at radius 1 is 0.886 bits per heavy atom. The molecule has 192 valence electrons. The van der Waals surface area contributed by atoms with Gasteiger partial charge in [0.2, 0.25) is 20.0 Å². The van der Waals surface area contributed by atoms with Crippen LogP contribution in [0.2, 0.25) is 0 Å². The van der Waals surface area contributed by atoms with E-state index in [4.69, 9.17) is 4.74 Å². The third kappa shape index (κ3) is 4.94. The van der Waals surface area contributed by atoms with Crippen molar-refractivity contribution in [3.05, 3.63) is 56.5 Å². The first kappa shape index (κ1) is 27.0. The summed E-state index contributed by atoms with van der Waals surface area (Å²) in [7, 11) is -8.07. The maximum Gasteiger partial charge on any atom is 0.416 e. The predicted octanol–water partition coefficient (Wildman–Crippen LogP) is 4.74. The maximum absolute atomic E-state index is 13.5. The third-order valence-corrected chi connectivity index (χ3v) is 12.0. The zero-order valence-corrected chi connectivity index (χ0v) is 23.2. The van der Waals surface area contributed by atoms with Crippen molar-refractivity contribution in [1.82, 2.24) is 8.61 Å². The summed E-state index contributed by atoms with van der Waals surface area (Å²) in [6.45, 7) is 2.01. The van der Waals surface area contributed by atoms with Crippen LogP contribution in [-0.4, -0.2) is 57.4 Å². The van der Waals surface area contributed by atoms with E-state index >= 15 is 0 Å². The Balaban J connectivity index is 1.57. The molecule has 2 heterocycles. The SMILES string of the molecule is Cc1ccc(S(=O)(=O)N2CCOC23CCN(S(=O)(=O)c2ccc(C(F)(F)F)cc2Br)CC3)c(Br)c1. The van der Waals surface area contributed by atoms with Gasteiger partial charge in [-0.3, -0.25) is 0 Å². The van der Waals surface area contributed by atoms with Crippen molar-refractivity contribution in [3.8, 4) is 0 Å². The lowest BCUT2D eigenvalue weighted by atomic mass is 10.0. The number of halogens is 5. The Labute approximate surface area is 218 Å². The average Bonchev–Trinajstić information content (AvgIpc) is 3.16. The van der Waals surface area contributed by atoms with Crippen LogP contribution in [0, 0.1) is 6.92 Å². The van der Waals surface area contributed by atoms with E-state index in [-0.39, 0.29) is 53.3 Å². The van der Waals surface area contributed by atoms with E-state index in [1.165, 1.54) is 10.4 Å². The van der Waals surface area contributed by atoms with Crippen LogP contribution >= 0.6 is 31.9 Å². The molecule has 14 heteroatoms. The van der Waals surface area contributed by atoms with Crippen molar-refractivity contribution in [2.75, 3.05) is 26.2 Å². The van der Waals surface area contributed by atoms with Gasteiger partial charge in [-0.05, 0) is 74.7 Å². The summed E-state index contributed by atoms with van der Waals surface area (Å²) >= 11 is 6.27. The molecule has 0 atom stereocenters. The summed E-state index contributed by atoms with van der Waals surface area (Å²) in [6.07, 6.45) is -4.45. The van der Waals surface area contributed by atoms with Gasteiger partial charge < -0.3 is 4.74 Å². The molecule has 2 aromatic carbocycles. The summed E-state index contributed by atoms with van der Waals surface area (Å²) in [5.74, 6) is 0. The van der Waals surface area contributed by atoms with Crippen LogP contribution in [0.3, 0.4) is 0 Å². The number of sulfonamides is 2. The number of ether oxygens (including phenoxy) is 1. The Bertz CT molecular complexity index is 1360. The molecule has 0 amide bonds. The smallest absolute Gasteiger partial charge is 0.358 e. The molecule has 0 unspecified atom stereocenters. The molecule has 0 aliphatic carbocycles. The molecule has 0 bridgehead atoms. The van der Waals surface area contributed by atoms with E-state index < -0.39 is 37.5 Å². The fourth-order valence-electron chi connectivity index (χ4n) is 4.36. The van der Waals surface area contributed by atoms with E-state index in [9.17, 15) is 30.0 Å². The van der Waals surface area contributed by atoms with Gasteiger partial charge in [0.1, 0.15) is 5.72 Å². The predicted molar refractivity (Wildman–Crippen MR) is 129 cm³/mol. The van der Waals surface area contributed by atoms with Crippen molar-refractivity contribution < 1.29 is 34.7 Å². The number of hydrogen-bond donors (Lipinski definition) is 0. The monoisotopic (exact) mass is 660 g/mol. The minimum Gasteiger partial charge on any atom is -0.358 e. The molecule has 2 fully saturated rings. The number of nitrogens with zero attached hydrogens (tertiary/aromatic N) is 2. The molecule has 35 heavy (non-hydrogen) atoms. The van der Waals surface area contributed by atoms with Gasteiger partial charge in [-0.1, -0.05) is 6.07 Å². The Hall–Kier alpha value is -1.03. The number of aryl methyl sites for hydroxylation is 1. The number of alkyl halides is 3. The van der Waals surface area contributed by atoms with Crippen LogP contribution in [0.4, 0.5) is 13.2 Å². The minimum atomic E-state index is -4.61. The summed E-state index contributed by atoms with van der Waals surface area (Å²) in [5, 5.41) is 0. The van der Waals surface area contributed by atoms with Gasteiger partial charge in [0.15, 0.2) is 0 Å². The molecule has 7 nitrogen and oxygen atoms in total. The number of piperidine rings is 1. The lowest BCUT2D eigenvalue weighted by molar-refractivity contribution is -0.137. The summed E-state index contributed by atoms with van der Waals surface area (Å²) < 4.78 is 101. The lowest BCUT2D eigenvalue weighted by Crippen LogP contribution is -2.55. The van der Waals surface area contributed by atoms with Crippen LogP contribution in [0.25, 0.3) is 0 Å². The summed E-state index contributed by atoms with van der Waals surface area (Å²) in [6, 6.07) is 7.28. The van der Waals surface area contributed by atoms with Crippen LogP contribution in [0.15, 0.2) is 55.1 Å². The van der Waals surface area contributed by atoms with Crippen molar-refractivity contribution >= 4 is 51.9 Å². The van der Waals surface area contributed by atoms with Crippen LogP contribution < -0.4 is 0 Å². The largest absolute Gasteiger partial charge is 0.416 e. The molecule has 2 aliphatic heterocycles. The second-order valence-electron chi connectivity index (χ2n) is 8.35. The Morgan fingerprint density at radius 3 is 2.03 bits per heavy atom. The average molecular weight is 662 g/mol. The maximum atomic E-state index is 13.5. The molecule has 0 saturated carbocycles. The van der Waals surface area contributed by atoms with Gasteiger partial charge >= 0.3 is 6.18 Å². The molecule has 2 aromatic rings. The van der Waals surface area contributed by atoms with Crippen molar-refractivity contribution in [1.29, 1.82) is 0 Å². The summed E-state index contributed by atoms with van der Waals surface area (Å²) in [4.78, 5) is -0.196. The molecule has 0 radical (unpaired) electrons. The summed E-state index contributed by atoms with van der Waals surface area (Å²) in [5.41, 5.74) is -1.29. The highest BCUT2D eigenvalue weighted by atomic mass is 79.9. The van der Waals surface area contributed by atoms with Gasteiger partial charge in [-0.15, -0.1) is 0 Å². The van der Waals surface area contributed by atoms with Crippen LogP contribution in [0.1, 0.15) is 24.0 Å². The van der Waals surface area contributed by atoms with E-state index in [2.05, 4.69) is 31.9 Å². The molecule has 4 rings (SSSR count). The van der Waals surface area contributed by atoms with Crippen molar-refractivity contribution in [2.45, 2.75) is 41.5 Å². The van der Waals surface area contributed by atoms with Gasteiger partial charge in [-0.2, -0.15) is 21.8 Å². The second kappa shape index (κ2) is 9.37. The Kier molecular flexibility index (Phi) is 7.23. The normalized spacial score (nSPS) is 19.9. The van der Waals surface area contributed by atoms with Gasteiger partial charge in [-0.25, -0.2) is 16.8 Å². The first-order chi connectivity index (χ1) is 16.2. The molecule has 0 N–H and O–H groups in total. The van der Waals surface area contributed by atoms with Gasteiger partial charge in [0, 0.05) is 41.4 Å². The van der Waals surface area contributed by atoms with E-state index in [1.807, 2.05) is 6.92 Å². The Morgan fingerprint density at radius 2 is 1.46 bits per heavy atom. The topological polar surface area (TPSA) is 84.0 Å². The van der Waals surface area contributed by atoms with Crippen molar-refractivity contribution in [2.24, 2.45) is 0 Å². The minimum absolute atomic E-state index is 0.0586. The van der Waals surface area contributed by atoms with Crippen LogP contribution in [0.5, 0.6) is 0 Å². The fraction of sp³-hybridized carbons (Fsp3) is 0.429. The lowest BCUT2D eigenvalue weighted by Gasteiger charge is -2.42. The van der Waals surface area contributed by atoms with E-state index in [1.54, 1.807) is 12.1 Å². The molecule has 2 aliphatic rings. The van der Waals surface area contributed by atoms with Gasteiger partial charge in [0.05, 0.1) is 22.0 Å². The number of hydrogen-bond acceptors (Lipinski definition) is 5. The molecular formula is C21H21Br2F3N2O5S2. The molecule has 0 aromatic heterocycles. The van der Waals surface area contributed by atoms with Crippen LogP contribution in [-0.2, 0) is 31.0 Å². The van der Waals surface area contributed by atoms with Gasteiger partial charge in [0.25, 0.3) is 0 Å². The highest BCUT2D eigenvalue weighted by Crippen LogP contribution is 2.41. The molecule has 2 saturated heterocycles. The second-order valence-corrected chi connectivity index (χ2v) is 13.8. The van der Waals surface area contributed by atoms with Crippen molar-refractivity contribution in [3.63, 3.8) is 0 Å². The quantitative estimate of drug-likeness (QED) is 0.473. The zero-order chi connectivity index (χ0) is 25.8.